The highest BCUT2D eigenvalue weighted by molar-refractivity contribution is 7.10. The maximum atomic E-state index is 4.02. The molecule has 0 radical (unpaired) electrons. The molecule has 20 heavy (non-hydrogen) atoms. The zero-order valence-corrected chi connectivity index (χ0v) is 12.0. The van der Waals surface area contributed by atoms with Gasteiger partial charge in [0, 0.05) is 22.6 Å². The third kappa shape index (κ3) is 1.98. The third-order valence-corrected chi connectivity index (χ3v) is 5.10. The van der Waals surface area contributed by atoms with E-state index >= 15 is 0 Å². The normalized spacial score (nSPS) is 14.2. The highest BCUT2D eigenvalue weighted by atomic mass is 32.1. The summed E-state index contributed by atoms with van der Waals surface area (Å²) >= 11 is 1.91. The van der Waals surface area contributed by atoms with Gasteiger partial charge in [0.2, 0.25) is 0 Å². The average molecular weight is 280 g/mol. The molecule has 100 valence electrons. The molecule has 0 saturated heterocycles. The molecule has 1 aromatic carbocycles. The predicted molar refractivity (Wildman–Crippen MR) is 83.2 cm³/mol. The number of rotatable bonds is 0. The van der Waals surface area contributed by atoms with Crippen LogP contribution in [0.4, 0.5) is 0 Å². The van der Waals surface area contributed by atoms with Crippen molar-refractivity contribution in [3.63, 3.8) is 0 Å². The van der Waals surface area contributed by atoms with E-state index in [1.807, 2.05) is 17.5 Å². The van der Waals surface area contributed by atoms with Gasteiger partial charge in [0.1, 0.15) is 0 Å². The number of nitrogens with zero attached hydrogens (tertiary/aromatic N) is 1. The molecule has 2 nitrogen and oxygen atoms in total. The Morgan fingerprint density at radius 1 is 1.00 bits per heavy atom. The predicted octanol–water partition coefficient (Wildman–Crippen LogP) is 4.22. The number of hydrogen-bond acceptors (Lipinski definition) is 2. The lowest BCUT2D eigenvalue weighted by Gasteiger charge is -1.95. The summed E-state index contributed by atoms with van der Waals surface area (Å²) in [6.45, 7) is 0. The number of nitrogens with one attached hydrogen (secondary N) is 1. The van der Waals surface area contributed by atoms with E-state index in [0.29, 0.717) is 0 Å². The zero-order chi connectivity index (χ0) is 13.4. The van der Waals surface area contributed by atoms with Crippen molar-refractivity contribution in [1.29, 1.82) is 0 Å². The number of aryl methyl sites for hydroxylation is 2. The lowest BCUT2D eigenvalue weighted by atomic mass is 10.1. The van der Waals surface area contributed by atoms with Crippen LogP contribution in [0.25, 0.3) is 11.1 Å². The Kier molecular flexibility index (Phi) is 2.92. The molecule has 2 aliphatic carbocycles. The minimum absolute atomic E-state index is 1.01. The maximum Gasteiger partial charge on any atom is 0.0568 e. The van der Waals surface area contributed by atoms with E-state index < -0.39 is 0 Å². The first-order valence-electron chi connectivity index (χ1n) is 7.07. The Hall–Kier alpha value is -1.87. The van der Waals surface area contributed by atoms with Gasteiger partial charge in [0.05, 0.1) is 6.20 Å². The minimum Gasteiger partial charge on any atom is -0.282 e. The van der Waals surface area contributed by atoms with Crippen molar-refractivity contribution in [2.75, 3.05) is 0 Å². The van der Waals surface area contributed by atoms with Crippen LogP contribution in [0.3, 0.4) is 0 Å². The number of aromatic amines is 1. The fraction of sp³-hybridized carbons (Fsp3) is 0.235. The average Bonchev–Trinajstić information content (AvgIpc) is 3.19. The molecule has 5 rings (SSSR count). The van der Waals surface area contributed by atoms with Crippen LogP contribution in [0.2, 0.25) is 0 Å². The summed E-state index contributed by atoms with van der Waals surface area (Å²) in [6, 6.07) is 10.7. The second kappa shape index (κ2) is 4.91. The van der Waals surface area contributed by atoms with E-state index in [-0.39, 0.29) is 0 Å². The molecule has 3 heteroatoms. The van der Waals surface area contributed by atoms with Crippen molar-refractivity contribution in [2.24, 2.45) is 0 Å². The summed E-state index contributed by atoms with van der Waals surface area (Å²) in [5, 5.41) is 9.23. The molecular weight excluding hydrogens is 264 g/mol. The van der Waals surface area contributed by atoms with Gasteiger partial charge in [0.15, 0.2) is 0 Å². The second-order valence-electron chi connectivity index (χ2n) is 5.32. The first-order valence-corrected chi connectivity index (χ1v) is 7.95. The van der Waals surface area contributed by atoms with E-state index in [4.69, 9.17) is 0 Å². The summed E-state index contributed by atoms with van der Waals surface area (Å²) in [4.78, 5) is 1.63. The lowest BCUT2D eigenvalue weighted by molar-refractivity contribution is 0.915. The van der Waals surface area contributed by atoms with Gasteiger partial charge in [-0.2, -0.15) is 5.10 Å². The Morgan fingerprint density at radius 3 is 2.90 bits per heavy atom. The minimum atomic E-state index is 1.01. The number of aromatic nitrogens is 2. The lowest BCUT2D eigenvalue weighted by Crippen LogP contribution is -1.81. The van der Waals surface area contributed by atoms with Crippen molar-refractivity contribution in [1.82, 2.24) is 10.2 Å². The molecule has 0 spiro atoms. The van der Waals surface area contributed by atoms with Crippen LogP contribution >= 0.6 is 11.3 Å². The van der Waals surface area contributed by atoms with Gasteiger partial charge in [-0.15, -0.1) is 11.3 Å². The van der Waals surface area contributed by atoms with Gasteiger partial charge >= 0.3 is 0 Å². The summed E-state index contributed by atoms with van der Waals surface area (Å²) in [5.41, 5.74) is 6.86. The Bertz CT molecular complexity index is 720. The standard InChI is InChI=1S/C10H8N2.C7H8S/c1-2-4-8-7(3-1)5-10-9(8)6-11-12-10;1-2-6-4-5-8-7(6)3-1/h1-4,6H,5H2,(H,11,12);4-5H,1-3H2. The van der Waals surface area contributed by atoms with Crippen molar-refractivity contribution in [3.8, 4) is 11.1 Å². The molecule has 0 atom stereocenters. The van der Waals surface area contributed by atoms with Crippen LogP contribution in [0.1, 0.15) is 28.1 Å². The maximum absolute atomic E-state index is 4.02. The first-order chi connectivity index (χ1) is 9.92. The van der Waals surface area contributed by atoms with Gasteiger partial charge < -0.3 is 0 Å². The quantitative estimate of drug-likeness (QED) is 0.513. The number of fused-ring (bicyclic) bond motifs is 4. The van der Waals surface area contributed by atoms with Gasteiger partial charge in [0.25, 0.3) is 0 Å². The molecule has 2 aliphatic rings. The summed E-state index contributed by atoms with van der Waals surface area (Å²) < 4.78 is 0. The first kappa shape index (κ1) is 11.9. The second-order valence-corrected chi connectivity index (χ2v) is 6.32. The van der Waals surface area contributed by atoms with Crippen molar-refractivity contribution in [2.45, 2.75) is 25.7 Å². The number of H-pyrrole nitrogens is 1. The number of hydrogen-bond donors (Lipinski definition) is 1. The molecule has 0 bridgehead atoms. The van der Waals surface area contributed by atoms with Crippen LogP contribution in [0.15, 0.2) is 41.9 Å². The largest absolute Gasteiger partial charge is 0.282 e. The summed E-state index contributed by atoms with van der Waals surface area (Å²) in [6.07, 6.45) is 6.97. The topological polar surface area (TPSA) is 28.7 Å². The highest BCUT2D eigenvalue weighted by Crippen LogP contribution is 2.34. The van der Waals surface area contributed by atoms with Gasteiger partial charge in [-0.05, 0) is 47.4 Å². The van der Waals surface area contributed by atoms with E-state index in [2.05, 4.69) is 45.9 Å². The summed E-state index contributed by atoms with van der Waals surface area (Å²) in [5.74, 6) is 0. The molecule has 0 amide bonds. The van der Waals surface area contributed by atoms with Crippen LogP contribution in [0, 0.1) is 0 Å². The molecule has 0 unspecified atom stereocenters. The fourth-order valence-electron chi connectivity index (χ4n) is 3.06. The highest BCUT2D eigenvalue weighted by Gasteiger charge is 2.18. The SMILES string of the molecule is c1cc2c(s1)CCC2.c1ccc2c(c1)Cc1[nH]ncc1-2. The molecule has 2 heterocycles. The zero-order valence-electron chi connectivity index (χ0n) is 11.2. The Balaban J connectivity index is 0.000000115. The van der Waals surface area contributed by atoms with E-state index in [1.54, 1.807) is 10.4 Å². The molecule has 0 aliphatic heterocycles. The Labute approximate surface area is 122 Å². The fourth-order valence-corrected chi connectivity index (χ4v) is 4.04. The molecule has 3 aromatic rings. The van der Waals surface area contributed by atoms with Gasteiger partial charge in [-0.1, -0.05) is 24.3 Å². The van der Waals surface area contributed by atoms with Crippen molar-refractivity contribution in [3.05, 3.63) is 63.6 Å². The van der Waals surface area contributed by atoms with E-state index in [9.17, 15) is 0 Å². The number of thiophene rings is 1. The smallest absolute Gasteiger partial charge is 0.0568 e. The molecule has 1 N–H and O–H groups in total. The van der Waals surface area contributed by atoms with Crippen molar-refractivity contribution >= 4 is 11.3 Å². The molecule has 0 saturated carbocycles. The third-order valence-electron chi connectivity index (χ3n) is 4.08. The molecular formula is C17H16N2S. The molecule has 2 aromatic heterocycles. The monoisotopic (exact) mass is 280 g/mol. The number of benzene rings is 1. The van der Waals surface area contributed by atoms with E-state index in [1.165, 1.54) is 41.6 Å². The van der Waals surface area contributed by atoms with Crippen LogP contribution < -0.4 is 0 Å². The van der Waals surface area contributed by atoms with Gasteiger partial charge in [-0.3, -0.25) is 5.10 Å². The Morgan fingerprint density at radius 2 is 1.95 bits per heavy atom. The van der Waals surface area contributed by atoms with Crippen LogP contribution in [-0.4, -0.2) is 10.2 Å². The van der Waals surface area contributed by atoms with Gasteiger partial charge in [-0.25, -0.2) is 0 Å². The van der Waals surface area contributed by atoms with E-state index in [0.717, 1.165) is 6.42 Å². The van der Waals surface area contributed by atoms with Crippen LogP contribution in [0.5, 0.6) is 0 Å². The van der Waals surface area contributed by atoms with Crippen molar-refractivity contribution < 1.29 is 0 Å². The van der Waals surface area contributed by atoms with Crippen LogP contribution in [-0.2, 0) is 19.3 Å². The summed E-state index contributed by atoms with van der Waals surface area (Å²) in [7, 11) is 0. The molecule has 0 fully saturated rings.